The Morgan fingerprint density at radius 2 is 1.72 bits per heavy atom. The van der Waals surface area contributed by atoms with Crippen LogP contribution < -0.4 is 5.32 Å². The lowest BCUT2D eigenvalue weighted by Crippen LogP contribution is -1.97. The molecular formula is C20H16ClN3S. The summed E-state index contributed by atoms with van der Waals surface area (Å²) < 4.78 is 0. The van der Waals surface area contributed by atoms with Crippen LogP contribution in [0, 0.1) is 13.8 Å². The lowest BCUT2D eigenvalue weighted by atomic mass is 10.0. The highest BCUT2D eigenvalue weighted by Crippen LogP contribution is 2.41. The topological polar surface area (TPSA) is 37.8 Å². The Morgan fingerprint density at radius 3 is 2.48 bits per heavy atom. The number of anilines is 2. The molecule has 0 saturated carbocycles. The van der Waals surface area contributed by atoms with Gasteiger partial charge in [-0.1, -0.05) is 41.9 Å². The third-order valence-electron chi connectivity index (χ3n) is 4.20. The number of thiophene rings is 1. The largest absolute Gasteiger partial charge is 0.339 e. The average Bonchev–Trinajstić information content (AvgIpc) is 2.95. The van der Waals surface area contributed by atoms with Crippen molar-refractivity contribution < 1.29 is 0 Å². The van der Waals surface area contributed by atoms with Crippen LogP contribution in [0.4, 0.5) is 11.5 Å². The molecule has 2 heterocycles. The number of hydrogen-bond acceptors (Lipinski definition) is 4. The fourth-order valence-electron chi connectivity index (χ4n) is 2.94. The first-order valence-corrected chi connectivity index (χ1v) is 9.15. The van der Waals surface area contributed by atoms with Gasteiger partial charge in [-0.3, -0.25) is 0 Å². The summed E-state index contributed by atoms with van der Waals surface area (Å²) >= 11 is 7.74. The monoisotopic (exact) mass is 365 g/mol. The van der Waals surface area contributed by atoms with Crippen LogP contribution in [0.5, 0.6) is 0 Å². The molecule has 5 heteroatoms. The van der Waals surface area contributed by atoms with Crippen LogP contribution in [0.25, 0.3) is 21.3 Å². The van der Waals surface area contributed by atoms with Gasteiger partial charge in [0.1, 0.15) is 17.0 Å². The number of hydrogen-bond donors (Lipinski definition) is 1. The Hall–Kier alpha value is -2.43. The fraction of sp³-hybridized carbons (Fsp3) is 0.100. The standard InChI is InChI=1S/C20H16ClN3S/c1-12-5-3-4-6-16(12)24-19-18-17(14-7-9-15(21)10-8-14)13(2)25-20(18)23-11-22-19/h3-11H,1-2H3,(H,22,23,24). The van der Waals surface area contributed by atoms with Crippen LogP contribution in [0.2, 0.25) is 5.02 Å². The van der Waals surface area contributed by atoms with E-state index in [0.717, 1.165) is 37.9 Å². The minimum atomic E-state index is 0.732. The maximum absolute atomic E-state index is 6.05. The molecule has 0 spiro atoms. The van der Waals surface area contributed by atoms with E-state index in [0.29, 0.717) is 0 Å². The molecule has 4 rings (SSSR count). The number of fused-ring (bicyclic) bond motifs is 1. The van der Waals surface area contributed by atoms with Gasteiger partial charge < -0.3 is 5.32 Å². The van der Waals surface area contributed by atoms with Crippen molar-refractivity contribution in [3.8, 4) is 11.1 Å². The van der Waals surface area contributed by atoms with Crippen molar-refractivity contribution in [2.75, 3.05) is 5.32 Å². The van der Waals surface area contributed by atoms with E-state index < -0.39 is 0 Å². The van der Waals surface area contributed by atoms with Gasteiger partial charge in [-0.25, -0.2) is 9.97 Å². The molecule has 0 unspecified atom stereocenters. The maximum atomic E-state index is 6.05. The van der Waals surface area contributed by atoms with Crippen LogP contribution >= 0.6 is 22.9 Å². The third-order valence-corrected chi connectivity index (χ3v) is 5.46. The summed E-state index contributed by atoms with van der Waals surface area (Å²) in [6, 6.07) is 16.1. The van der Waals surface area contributed by atoms with E-state index in [-0.39, 0.29) is 0 Å². The quantitative estimate of drug-likeness (QED) is 0.458. The number of halogens is 1. The van der Waals surface area contributed by atoms with E-state index in [1.165, 1.54) is 10.4 Å². The van der Waals surface area contributed by atoms with Gasteiger partial charge in [0.05, 0.1) is 5.39 Å². The minimum absolute atomic E-state index is 0.732. The van der Waals surface area contributed by atoms with Crippen molar-refractivity contribution >= 4 is 44.7 Å². The molecule has 0 fully saturated rings. The van der Waals surface area contributed by atoms with Gasteiger partial charge in [-0.05, 0) is 43.2 Å². The number of nitrogens with zero attached hydrogens (tertiary/aromatic N) is 2. The molecule has 4 aromatic rings. The summed E-state index contributed by atoms with van der Waals surface area (Å²) in [7, 11) is 0. The normalized spacial score (nSPS) is 11.0. The van der Waals surface area contributed by atoms with Gasteiger partial charge in [-0.15, -0.1) is 11.3 Å². The van der Waals surface area contributed by atoms with Crippen molar-refractivity contribution in [2.24, 2.45) is 0 Å². The molecular weight excluding hydrogens is 350 g/mol. The van der Waals surface area contributed by atoms with Crippen LogP contribution in [-0.4, -0.2) is 9.97 Å². The summed E-state index contributed by atoms with van der Waals surface area (Å²) in [5, 5.41) is 5.26. The predicted molar refractivity (Wildman–Crippen MR) is 107 cm³/mol. The number of aryl methyl sites for hydroxylation is 2. The fourth-order valence-corrected chi connectivity index (χ4v) is 4.08. The SMILES string of the molecule is Cc1ccccc1Nc1ncnc2sc(C)c(-c3ccc(Cl)cc3)c12. The van der Waals surface area contributed by atoms with E-state index in [1.54, 1.807) is 17.7 Å². The second-order valence-electron chi connectivity index (χ2n) is 5.88. The predicted octanol–water partition coefficient (Wildman–Crippen LogP) is 6.37. The molecule has 0 radical (unpaired) electrons. The summed E-state index contributed by atoms with van der Waals surface area (Å²) in [4.78, 5) is 11.2. The highest BCUT2D eigenvalue weighted by Gasteiger charge is 2.17. The van der Waals surface area contributed by atoms with Crippen molar-refractivity contribution in [1.29, 1.82) is 0 Å². The molecule has 0 bridgehead atoms. The lowest BCUT2D eigenvalue weighted by molar-refractivity contribution is 1.23. The molecule has 2 aromatic carbocycles. The maximum Gasteiger partial charge on any atom is 0.143 e. The zero-order chi connectivity index (χ0) is 17.4. The van der Waals surface area contributed by atoms with Crippen LogP contribution in [0.3, 0.4) is 0 Å². The number of rotatable bonds is 3. The molecule has 2 aromatic heterocycles. The van der Waals surface area contributed by atoms with E-state index >= 15 is 0 Å². The lowest BCUT2D eigenvalue weighted by Gasteiger charge is -2.11. The summed E-state index contributed by atoms with van der Waals surface area (Å²) in [6.45, 7) is 4.20. The molecule has 0 aliphatic rings. The van der Waals surface area contributed by atoms with Gasteiger partial charge >= 0.3 is 0 Å². The molecule has 3 nitrogen and oxygen atoms in total. The Bertz CT molecular complexity index is 1050. The van der Waals surface area contributed by atoms with E-state index in [1.807, 2.05) is 36.4 Å². The Kier molecular flexibility index (Phi) is 4.15. The zero-order valence-corrected chi connectivity index (χ0v) is 15.4. The van der Waals surface area contributed by atoms with Crippen LogP contribution in [0.15, 0.2) is 54.9 Å². The number of benzene rings is 2. The van der Waals surface area contributed by atoms with Gasteiger partial charge in [0.15, 0.2) is 0 Å². The third kappa shape index (κ3) is 2.99. The van der Waals surface area contributed by atoms with Crippen molar-refractivity contribution in [3.05, 3.63) is 70.3 Å². The Labute approximate surface area is 155 Å². The molecule has 25 heavy (non-hydrogen) atoms. The van der Waals surface area contributed by atoms with Crippen molar-refractivity contribution in [3.63, 3.8) is 0 Å². The van der Waals surface area contributed by atoms with E-state index in [2.05, 4.69) is 41.3 Å². The average molecular weight is 366 g/mol. The first-order chi connectivity index (χ1) is 12.1. The highest BCUT2D eigenvalue weighted by atomic mass is 35.5. The molecule has 0 aliphatic heterocycles. The van der Waals surface area contributed by atoms with E-state index in [9.17, 15) is 0 Å². The second kappa shape index (κ2) is 6.47. The van der Waals surface area contributed by atoms with Crippen molar-refractivity contribution in [1.82, 2.24) is 9.97 Å². The number of aromatic nitrogens is 2. The van der Waals surface area contributed by atoms with Crippen LogP contribution in [-0.2, 0) is 0 Å². The summed E-state index contributed by atoms with van der Waals surface area (Å²) in [5.41, 5.74) is 4.51. The molecule has 0 aliphatic carbocycles. The molecule has 124 valence electrons. The van der Waals surface area contributed by atoms with Crippen molar-refractivity contribution in [2.45, 2.75) is 13.8 Å². The molecule has 0 saturated heterocycles. The van der Waals surface area contributed by atoms with Gasteiger partial charge in [0.2, 0.25) is 0 Å². The first-order valence-electron chi connectivity index (χ1n) is 7.96. The van der Waals surface area contributed by atoms with E-state index in [4.69, 9.17) is 11.6 Å². The van der Waals surface area contributed by atoms with Gasteiger partial charge in [0, 0.05) is 21.2 Å². The van der Waals surface area contributed by atoms with Gasteiger partial charge in [0.25, 0.3) is 0 Å². The number of para-hydroxylation sites is 1. The first kappa shape index (κ1) is 16.1. The molecule has 0 amide bonds. The highest BCUT2D eigenvalue weighted by molar-refractivity contribution is 7.19. The van der Waals surface area contributed by atoms with Gasteiger partial charge in [-0.2, -0.15) is 0 Å². The summed E-state index contributed by atoms with van der Waals surface area (Å²) in [6.07, 6.45) is 1.62. The smallest absolute Gasteiger partial charge is 0.143 e. The Balaban J connectivity index is 1.91. The number of nitrogens with one attached hydrogen (secondary N) is 1. The second-order valence-corrected chi connectivity index (χ2v) is 7.52. The minimum Gasteiger partial charge on any atom is -0.339 e. The Morgan fingerprint density at radius 1 is 0.960 bits per heavy atom. The summed E-state index contributed by atoms with van der Waals surface area (Å²) in [5.74, 6) is 0.827. The molecule has 0 atom stereocenters. The molecule has 1 N–H and O–H groups in total. The zero-order valence-electron chi connectivity index (χ0n) is 13.9. The van der Waals surface area contributed by atoms with Crippen LogP contribution in [0.1, 0.15) is 10.4 Å².